The average molecular weight is 464 g/mol. The van der Waals surface area contributed by atoms with Gasteiger partial charge in [0.1, 0.15) is 6.61 Å². The van der Waals surface area contributed by atoms with Gasteiger partial charge in [-0.3, -0.25) is 0 Å². The molecule has 0 aromatic heterocycles. The zero-order chi connectivity index (χ0) is 20.9. The molecule has 3 aromatic carbocycles. The van der Waals surface area contributed by atoms with Gasteiger partial charge in [0.15, 0.2) is 17.2 Å². The van der Waals surface area contributed by atoms with E-state index in [1.807, 2.05) is 66.7 Å². The first-order valence-corrected chi connectivity index (χ1v) is 10.1. The van der Waals surface area contributed by atoms with Crippen LogP contribution in [0, 0.1) is 0 Å². The van der Waals surface area contributed by atoms with Crippen LogP contribution in [0.4, 0.5) is 0 Å². The fourth-order valence-corrected chi connectivity index (χ4v) is 3.54. The van der Waals surface area contributed by atoms with Crippen LogP contribution in [0.25, 0.3) is 6.08 Å². The minimum atomic E-state index is -0.492. The molecule has 30 heavy (non-hydrogen) atoms. The van der Waals surface area contributed by atoms with Crippen molar-refractivity contribution in [1.82, 2.24) is 0 Å². The molecule has 4 rings (SSSR count). The number of halogens is 1. The van der Waals surface area contributed by atoms with Crippen LogP contribution < -0.4 is 9.47 Å². The van der Waals surface area contributed by atoms with Gasteiger partial charge in [-0.25, -0.2) is 9.79 Å². The molecule has 0 fully saturated rings. The number of aliphatic imine (C=N–C) groups is 1. The molecule has 5 nitrogen and oxygen atoms in total. The maximum Gasteiger partial charge on any atom is 0.363 e. The lowest BCUT2D eigenvalue weighted by atomic mass is 10.1. The van der Waals surface area contributed by atoms with Crippen molar-refractivity contribution in [3.63, 3.8) is 0 Å². The smallest absolute Gasteiger partial charge is 0.363 e. The second kappa shape index (κ2) is 8.97. The lowest BCUT2D eigenvalue weighted by molar-refractivity contribution is -0.129. The molecular weight excluding hydrogens is 446 g/mol. The molecule has 6 heteroatoms. The minimum Gasteiger partial charge on any atom is -0.493 e. The first kappa shape index (κ1) is 19.9. The Kier molecular flexibility index (Phi) is 5.95. The van der Waals surface area contributed by atoms with Crippen molar-refractivity contribution in [2.75, 3.05) is 7.11 Å². The number of methoxy groups -OCH3 is 1. The third kappa shape index (κ3) is 4.44. The van der Waals surface area contributed by atoms with E-state index in [9.17, 15) is 4.79 Å². The highest BCUT2D eigenvalue weighted by Crippen LogP contribution is 2.38. The molecule has 0 unspecified atom stereocenters. The number of carbonyl (C=O) groups excluding carboxylic acids is 1. The number of ether oxygens (including phenoxy) is 3. The standard InChI is InChI=1S/C24H18BrNO4/c1-28-21-14-17(12-19(25)22(21)29-15-16-8-4-2-5-9-16)13-20-24(27)30-23(26-20)18-10-6-3-7-11-18/h2-14H,15H2,1H3. The van der Waals surface area contributed by atoms with Gasteiger partial charge in [0, 0.05) is 5.56 Å². The van der Waals surface area contributed by atoms with Crippen LogP contribution in [0.3, 0.4) is 0 Å². The number of benzene rings is 3. The Balaban J connectivity index is 1.60. The van der Waals surface area contributed by atoms with Gasteiger partial charge >= 0.3 is 5.97 Å². The van der Waals surface area contributed by atoms with Gasteiger partial charge in [0.2, 0.25) is 5.90 Å². The van der Waals surface area contributed by atoms with E-state index in [4.69, 9.17) is 14.2 Å². The fraction of sp³-hybridized carbons (Fsp3) is 0.0833. The molecule has 0 radical (unpaired) electrons. The largest absolute Gasteiger partial charge is 0.493 e. The van der Waals surface area contributed by atoms with Gasteiger partial charge in [0.05, 0.1) is 11.6 Å². The first-order valence-electron chi connectivity index (χ1n) is 9.26. The summed E-state index contributed by atoms with van der Waals surface area (Å²) in [5.74, 6) is 0.936. The quantitative estimate of drug-likeness (QED) is 0.363. The Bertz CT molecular complexity index is 1120. The van der Waals surface area contributed by atoms with E-state index >= 15 is 0 Å². The number of rotatable bonds is 6. The molecule has 0 saturated carbocycles. The summed E-state index contributed by atoms with van der Waals surface area (Å²) in [6.45, 7) is 0.410. The Morgan fingerprint density at radius 1 is 1.03 bits per heavy atom. The Morgan fingerprint density at radius 3 is 2.43 bits per heavy atom. The van der Waals surface area contributed by atoms with Crippen LogP contribution in [0.15, 0.2) is 88.0 Å². The molecular formula is C24H18BrNO4. The second-order valence-corrected chi connectivity index (χ2v) is 7.36. The molecule has 0 saturated heterocycles. The fourth-order valence-electron chi connectivity index (χ4n) is 2.96. The number of cyclic esters (lactones) is 1. The van der Waals surface area contributed by atoms with Gasteiger partial charge in [-0.15, -0.1) is 0 Å². The highest BCUT2D eigenvalue weighted by molar-refractivity contribution is 9.10. The van der Waals surface area contributed by atoms with Gasteiger partial charge in [-0.2, -0.15) is 0 Å². The summed E-state index contributed by atoms with van der Waals surface area (Å²) in [7, 11) is 1.57. The van der Waals surface area contributed by atoms with E-state index < -0.39 is 5.97 Å². The average Bonchev–Trinajstić information content (AvgIpc) is 3.14. The van der Waals surface area contributed by atoms with Crippen LogP contribution in [-0.4, -0.2) is 19.0 Å². The molecule has 3 aromatic rings. The molecule has 0 bridgehead atoms. The Labute approximate surface area is 182 Å². The van der Waals surface area contributed by atoms with Gasteiger partial charge < -0.3 is 14.2 Å². The topological polar surface area (TPSA) is 57.1 Å². The highest BCUT2D eigenvalue weighted by atomic mass is 79.9. The molecule has 1 aliphatic rings. The van der Waals surface area contributed by atoms with Crippen molar-refractivity contribution in [3.05, 3.63) is 99.7 Å². The molecule has 0 spiro atoms. The third-order valence-corrected chi connectivity index (χ3v) is 5.01. The summed E-state index contributed by atoms with van der Waals surface area (Å²) in [6, 6.07) is 22.8. The van der Waals surface area contributed by atoms with E-state index in [0.29, 0.717) is 28.5 Å². The van der Waals surface area contributed by atoms with Crippen molar-refractivity contribution >= 4 is 33.9 Å². The molecule has 0 aliphatic carbocycles. The van der Waals surface area contributed by atoms with Gasteiger partial charge in [0.25, 0.3) is 0 Å². The molecule has 0 N–H and O–H groups in total. The van der Waals surface area contributed by atoms with Crippen molar-refractivity contribution in [3.8, 4) is 11.5 Å². The van der Waals surface area contributed by atoms with Gasteiger partial charge in [-0.05, 0) is 57.4 Å². The monoisotopic (exact) mass is 463 g/mol. The van der Waals surface area contributed by atoms with Gasteiger partial charge in [-0.1, -0.05) is 48.5 Å². The first-order chi connectivity index (χ1) is 14.6. The van der Waals surface area contributed by atoms with E-state index in [0.717, 1.165) is 16.7 Å². The van der Waals surface area contributed by atoms with Crippen molar-refractivity contribution < 1.29 is 19.0 Å². The zero-order valence-corrected chi connectivity index (χ0v) is 17.8. The lowest BCUT2D eigenvalue weighted by Crippen LogP contribution is -2.05. The summed E-state index contributed by atoms with van der Waals surface area (Å²) in [5, 5.41) is 0. The minimum absolute atomic E-state index is 0.223. The predicted octanol–water partition coefficient (Wildman–Crippen LogP) is 5.38. The van der Waals surface area contributed by atoms with Crippen LogP contribution in [0.5, 0.6) is 11.5 Å². The van der Waals surface area contributed by atoms with E-state index in [-0.39, 0.29) is 5.70 Å². The van der Waals surface area contributed by atoms with Crippen LogP contribution in [0.1, 0.15) is 16.7 Å². The number of esters is 1. The number of hydrogen-bond acceptors (Lipinski definition) is 5. The molecule has 1 heterocycles. The SMILES string of the molecule is COc1cc(C=C2N=C(c3ccccc3)OC2=O)cc(Br)c1OCc1ccccc1. The van der Waals surface area contributed by atoms with E-state index in [1.165, 1.54) is 0 Å². The summed E-state index contributed by atoms with van der Waals surface area (Å²) in [5.41, 5.74) is 2.75. The molecule has 0 atom stereocenters. The number of carbonyl (C=O) groups is 1. The summed E-state index contributed by atoms with van der Waals surface area (Å²) in [6.07, 6.45) is 1.66. The zero-order valence-electron chi connectivity index (χ0n) is 16.2. The number of nitrogens with zero attached hydrogens (tertiary/aromatic N) is 1. The Morgan fingerprint density at radius 2 is 1.73 bits per heavy atom. The van der Waals surface area contributed by atoms with Crippen molar-refractivity contribution in [2.45, 2.75) is 6.61 Å². The summed E-state index contributed by atoms with van der Waals surface area (Å²) in [4.78, 5) is 16.6. The van der Waals surface area contributed by atoms with Crippen molar-refractivity contribution in [1.29, 1.82) is 0 Å². The van der Waals surface area contributed by atoms with Crippen LogP contribution >= 0.6 is 15.9 Å². The second-order valence-electron chi connectivity index (χ2n) is 6.51. The lowest BCUT2D eigenvalue weighted by Gasteiger charge is -2.13. The predicted molar refractivity (Wildman–Crippen MR) is 119 cm³/mol. The number of hydrogen-bond donors (Lipinski definition) is 0. The normalized spacial score (nSPS) is 14.4. The van der Waals surface area contributed by atoms with E-state index in [1.54, 1.807) is 19.3 Å². The molecule has 0 amide bonds. The molecule has 1 aliphatic heterocycles. The Hall–Kier alpha value is -3.38. The summed E-state index contributed by atoms with van der Waals surface area (Å²) >= 11 is 3.54. The van der Waals surface area contributed by atoms with E-state index in [2.05, 4.69) is 20.9 Å². The van der Waals surface area contributed by atoms with Crippen LogP contribution in [0.2, 0.25) is 0 Å². The van der Waals surface area contributed by atoms with Crippen LogP contribution in [-0.2, 0) is 16.1 Å². The molecule has 150 valence electrons. The maximum absolute atomic E-state index is 12.3. The van der Waals surface area contributed by atoms with Crippen molar-refractivity contribution in [2.24, 2.45) is 4.99 Å². The maximum atomic E-state index is 12.3. The summed E-state index contributed by atoms with van der Waals surface area (Å²) < 4.78 is 17.5. The highest BCUT2D eigenvalue weighted by Gasteiger charge is 2.24. The third-order valence-electron chi connectivity index (χ3n) is 4.42.